The van der Waals surface area contributed by atoms with Crippen molar-refractivity contribution in [1.29, 1.82) is 0 Å². The summed E-state index contributed by atoms with van der Waals surface area (Å²) in [6, 6.07) is 5.97. The van der Waals surface area contributed by atoms with Crippen LogP contribution in [0.2, 0.25) is 0 Å². The van der Waals surface area contributed by atoms with E-state index in [2.05, 4.69) is 0 Å². The van der Waals surface area contributed by atoms with Crippen molar-refractivity contribution < 1.29 is 14.2 Å². The van der Waals surface area contributed by atoms with E-state index in [9.17, 15) is 0 Å². The second-order valence-electron chi connectivity index (χ2n) is 5.93. The number of rotatable bonds is 2. The highest BCUT2D eigenvalue weighted by Crippen LogP contribution is 2.46. The lowest BCUT2D eigenvalue weighted by Gasteiger charge is -2.45. The van der Waals surface area contributed by atoms with E-state index in [1.165, 1.54) is 0 Å². The van der Waals surface area contributed by atoms with Crippen LogP contribution in [0, 0.1) is 0 Å². The van der Waals surface area contributed by atoms with E-state index < -0.39 is 0 Å². The molecule has 1 heterocycles. The van der Waals surface area contributed by atoms with Gasteiger partial charge in [0.15, 0.2) is 0 Å². The first kappa shape index (κ1) is 13.7. The van der Waals surface area contributed by atoms with E-state index in [1.54, 1.807) is 14.2 Å². The molecule has 0 radical (unpaired) electrons. The average Bonchev–Trinajstić information content (AvgIpc) is 2.47. The van der Waals surface area contributed by atoms with E-state index in [0.717, 1.165) is 49.2 Å². The first-order valence-corrected chi connectivity index (χ1v) is 7.31. The number of benzene rings is 1. The van der Waals surface area contributed by atoms with Crippen molar-refractivity contribution in [2.75, 3.05) is 14.2 Å². The molecule has 20 heavy (non-hydrogen) atoms. The highest BCUT2D eigenvalue weighted by Gasteiger charge is 2.42. The van der Waals surface area contributed by atoms with Crippen molar-refractivity contribution in [3.05, 3.63) is 23.8 Å². The molecule has 4 heteroatoms. The molecule has 1 aliphatic heterocycles. The first-order valence-electron chi connectivity index (χ1n) is 7.31. The number of methoxy groups -OCH3 is 2. The molecule has 3 rings (SSSR count). The van der Waals surface area contributed by atoms with Crippen LogP contribution in [0.5, 0.6) is 11.5 Å². The molecular weight excluding hydrogens is 254 g/mol. The van der Waals surface area contributed by atoms with Gasteiger partial charge in [0.2, 0.25) is 0 Å². The predicted molar refractivity (Wildman–Crippen MR) is 77.2 cm³/mol. The predicted octanol–water partition coefficient (Wildman–Crippen LogP) is 2.81. The SMILES string of the molecule is COc1ccc2c(c1)OC1(CCC(OC)CC1)C[C@H]2N. The molecule has 2 N–H and O–H groups in total. The minimum Gasteiger partial charge on any atom is -0.497 e. The maximum absolute atomic E-state index is 6.36. The Labute approximate surface area is 120 Å². The van der Waals surface area contributed by atoms with Gasteiger partial charge in [0.1, 0.15) is 17.1 Å². The summed E-state index contributed by atoms with van der Waals surface area (Å²) in [5.41, 5.74) is 7.33. The summed E-state index contributed by atoms with van der Waals surface area (Å²) in [5.74, 6) is 1.71. The number of nitrogens with two attached hydrogens (primary N) is 1. The molecule has 0 amide bonds. The third-order valence-electron chi connectivity index (χ3n) is 4.72. The van der Waals surface area contributed by atoms with Crippen LogP contribution < -0.4 is 15.2 Å². The Balaban J connectivity index is 1.84. The standard InChI is InChI=1S/C16H23NO3/c1-18-11-5-7-16(8-6-11)10-14(17)13-4-3-12(19-2)9-15(13)20-16/h3-4,9,11,14H,5-8,10,17H2,1-2H3/t11?,14-,16?/m1/s1. The van der Waals surface area contributed by atoms with Crippen molar-refractivity contribution in [2.24, 2.45) is 5.73 Å². The van der Waals surface area contributed by atoms with Crippen LogP contribution in [-0.4, -0.2) is 25.9 Å². The number of hydrogen-bond acceptors (Lipinski definition) is 4. The maximum Gasteiger partial charge on any atom is 0.128 e. The first-order chi connectivity index (χ1) is 9.65. The summed E-state index contributed by atoms with van der Waals surface area (Å²) in [7, 11) is 3.46. The zero-order chi connectivity index (χ0) is 14.2. The van der Waals surface area contributed by atoms with Gasteiger partial charge in [-0.2, -0.15) is 0 Å². The van der Waals surface area contributed by atoms with Gasteiger partial charge in [0.05, 0.1) is 13.2 Å². The third kappa shape index (κ3) is 2.38. The van der Waals surface area contributed by atoms with Gasteiger partial charge in [-0.05, 0) is 31.7 Å². The lowest BCUT2D eigenvalue weighted by atomic mass is 9.76. The summed E-state index contributed by atoms with van der Waals surface area (Å²) >= 11 is 0. The largest absolute Gasteiger partial charge is 0.497 e. The van der Waals surface area contributed by atoms with E-state index in [0.29, 0.717) is 6.10 Å². The number of ether oxygens (including phenoxy) is 3. The second kappa shape index (κ2) is 5.26. The van der Waals surface area contributed by atoms with E-state index >= 15 is 0 Å². The zero-order valence-electron chi connectivity index (χ0n) is 12.2. The molecule has 110 valence electrons. The third-order valence-corrected chi connectivity index (χ3v) is 4.72. The van der Waals surface area contributed by atoms with Crippen LogP contribution >= 0.6 is 0 Å². The van der Waals surface area contributed by atoms with Gasteiger partial charge in [0, 0.05) is 31.2 Å². The van der Waals surface area contributed by atoms with Crippen LogP contribution in [-0.2, 0) is 4.74 Å². The summed E-state index contributed by atoms with van der Waals surface area (Å²) < 4.78 is 17.1. The molecular formula is C16H23NO3. The van der Waals surface area contributed by atoms with Crippen LogP contribution in [0.3, 0.4) is 0 Å². The van der Waals surface area contributed by atoms with Gasteiger partial charge in [-0.15, -0.1) is 0 Å². The fraction of sp³-hybridized carbons (Fsp3) is 0.625. The molecule has 1 aromatic rings. The molecule has 4 nitrogen and oxygen atoms in total. The van der Waals surface area contributed by atoms with Crippen LogP contribution in [0.15, 0.2) is 18.2 Å². The van der Waals surface area contributed by atoms with Crippen LogP contribution in [0.4, 0.5) is 0 Å². The smallest absolute Gasteiger partial charge is 0.128 e. The topological polar surface area (TPSA) is 53.7 Å². The monoisotopic (exact) mass is 277 g/mol. The Morgan fingerprint density at radius 2 is 2.00 bits per heavy atom. The number of fused-ring (bicyclic) bond motifs is 1. The molecule has 0 unspecified atom stereocenters. The summed E-state index contributed by atoms with van der Waals surface area (Å²) in [5, 5.41) is 0. The zero-order valence-corrected chi connectivity index (χ0v) is 12.2. The van der Waals surface area contributed by atoms with Gasteiger partial charge in [-0.3, -0.25) is 0 Å². The summed E-state index contributed by atoms with van der Waals surface area (Å²) in [6.07, 6.45) is 5.37. The summed E-state index contributed by atoms with van der Waals surface area (Å²) in [6.45, 7) is 0. The fourth-order valence-corrected chi connectivity index (χ4v) is 3.48. The molecule has 1 saturated carbocycles. The van der Waals surface area contributed by atoms with E-state index in [-0.39, 0.29) is 11.6 Å². The molecule has 0 bridgehead atoms. The minimum absolute atomic E-state index is 0.0451. The van der Waals surface area contributed by atoms with Gasteiger partial charge < -0.3 is 19.9 Å². The Kier molecular flexibility index (Phi) is 3.61. The van der Waals surface area contributed by atoms with Crippen molar-refractivity contribution in [2.45, 2.75) is 49.9 Å². The Morgan fingerprint density at radius 1 is 1.25 bits per heavy atom. The quantitative estimate of drug-likeness (QED) is 0.903. The molecule has 1 atom stereocenters. The van der Waals surface area contributed by atoms with Gasteiger partial charge >= 0.3 is 0 Å². The highest BCUT2D eigenvalue weighted by molar-refractivity contribution is 5.44. The average molecular weight is 277 g/mol. The minimum atomic E-state index is -0.117. The second-order valence-corrected chi connectivity index (χ2v) is 5.93. The van der Waals surface area contributed by atoms with E-state index in [4.69, 9.17) is 19.9 Å². The molecule has 2 aliphatic rings. The van der Waals surface area contributed by atoms with E-state index in [1.807, 2.05) is 18.2 Å². The van der Waals surface area contributed by atoms with Crippen molar-refractivity contribution >= 4 is 0 Å². The molecule has 1 fully saturated rings. The Morgan fingerprint density at radius 3 is 2.65 bits per heavy atom. The highest BCUT2D eigenvalue weighted by atomic mass is 16.5. The van der Waals surface area contributed by atoms with Crippen molar-refractivity contribution in [3.63, 3.8) is 0 Å². The molecule has 1 aliphatic carbocycles. The van der Waals surface area contributed by atoms with Crippen LogP contribution in [0.25, 0.3) is 0 Å². The van der Waals surface area contributed by atoms with Gasteiger partial charge in [-0.1, -0.05) is 6.07 Å². The molecule has 1 aromatic carbocycles. The van der Waals surface area contributed by atoms with Crippen molar-refractivity contribution in [1.82, 2.24) is 0 Å². The maximum atomic E-state index is 6.36. The van der Waals surface area contributed by atoms with Gasteiger partial charge in [0.25, 0.3) is 0 Å². The Hall–Kier alpha value is -1.26. The molecule has 0 saturated heterocycles. The van der Waals surface area contributed by atoms with Crippen molar-refractivity contribution in [3.8, 4) is 11.5 Å². The molecule has 0 aromatic heterocycles. The summed E-state index contributed by atoms with van der Waals surface area (Å²) in [4.78, 5) is 0. The van der Waals surface area contributed by atoms with Crippen LogP contribution in [0.1, 0.15) is 43.7 Å². The molecule has 1 spiro atoms. The fourth-order valence-electron chi connectivity index (χ4n) is 3.48. The number of hydrogen-bond donors (Lipinski definition) is 1. The van der Waals surface area contributed by atoms with Gasteiger partial charge in [-0.25, -0.2) is 0 Å². The lowest BCUT2D eigenvalue weighted by molar-refractivity contribution is -0.0429. The Bertz CT molecular complexity index is 481. The normalized spacial score (nSPS) is 32.5. The lowest BCUT2D eigenvalue weighted by Crippen LogP contribution is -2.46.